The summed E-state index contributed by atoms with van der Waals surface area (Å²) in [5.74, 6) is 1.85. The molecule has 6 heteroatoms. The fraction of sp³-hybridized carbons (Fsp3) is 0.842. The maximum atomic E-state index is 5.18. The van der Waals surface area contributed by atoms with Crippen LogP contribution in [0.25, 0.3) is 0 Å². The highest BCUT2D eigenvalue weighted by Crippen LogP contribution is 2.19. The van der Waals surface area contributed by atoms with E-state index in [1.54, 1.807) is 7.11 Å². The molecule has 25 heavy (non-hydrogen) atoms. The summed E-state index contributed by atoms with van der Waals surface area (Å²) < 4.78 is 5.18. The molecule has 142 valence electrons. The van der Waals surface area contributed by atoms with E-state index in [0.29, 0.717) is 6.04 Å². The van der Waals surface area contributed by atoms with Crippen molar-refractivity contribution in [2.75, 3.05) is 73.1 Å². The van der Waals surface area contributed by atoms with Gasteiger partial charge < -0.3 is 19.9 Å². The lowest BCUT2D eigenvalue weighted by Crippen LogP contribution is -2.45. The predicted octanol–water partition coefficient (Wildman–Crippen LogP) is 0.866. The summed E-state index contributed by atoms with van der Waals surface area (Å²) >= 11 is 0. The predicted molar refractivity (Wildman–Crippen MR) is 103 cm³/mol. The summed E-state index contributed by atoms with van der Waals surface area (Å²) in [6.45, 7) is 9.82. The Hall–Kier alpha value is -1.11. The number of aliphatic imine (C=N–C) groups is 1. The Morgan fingerprint density at radius 1 is 1.16 bits per heavy atom. The van der Waals surface area contributed by atoms with Crippen LogP contribution in [-0.2, 0) is 4.74 Å². The first-order valence-electron chi connectivity index (χ1n) is 9.86. The monoisotopic (exact) mass is 349 g/mol. The van der Waals surface area contributed by atoms with Gasteiger partial charge in [0.1, 0.15) is 0 Å². The average molecular weight is 350 g/mol. The fourth-order valence-corrected chi connectivity index (χ4v) is 4.23. The number of likely N-dealkylation sites (tertiary alicyclic amines) is 2. The van der Waals surface area contributed by atoms with Gasteiger partial charge in [0, 0.05) is 59.5 Å². The summed E-state index contributed by atoms with van der Waals surface area (Å²) in [6, 6.07) is 0.678. The third-order valence-corrected chi connectivity index (χ3v) is 5.91. The summed E-state index contributed by atoms with van der Waals surface area (Å²) in [6.07, 6.45) is 8.37. The molecule has 1 atom stereocenters. The van der Waals surface area contributed by atoms with Crippen LogP contribution in [0.5, 0.6) is 0 Å². The van der Waals surface area contributed by atoms with Gasteiger partial charge in [0.25, 0.3) is 0 Å². The highest BCUT2D eigenvalue weighted by Gasteiger charge is 2.29. The molecule has 0 aromatic carbocycles. The molecule has 0 aliphatic carbocycles. The molecule has 6 nitrogen and oxygen atoms in total. The third kappa shape index (κ3) is 5.19. The largest absolute Gasteiger partial charge is 0.383 e. The average Bonchev–Trinajstić information content (AvgIpc) is 3.33. The molecule has 0 aromatic rings. The van der Waals surface area contributed by atoms with Crippen LogP contribution in [0.15, 0.2) is 17.1 Å². The molecule has 0 radical (unpaired) electrons. The SMILES string of the molecule is CN=C(NCC1CCN(CCOC)CC1)N1CCC(N2CC=CC2)C1. The number of hydrogen-bond donors (Lipinski definition) is 1. The number of nitrogens with zero attached hydrogens (tertiary/aromatic N) is 4. The number of hydrogen-bond acceptors (Lipinski definition) is 4. The molecule has 1 unspecified atom stereocenters. The zero-order chi connectivity index (χ0) is 17.5. The van der Waals surface area contributed by atoms with Gasteiger partial charge in [-0.1, -0.05) is 12.2 Å². The first-order chi connectivity index (χ1) is 12.3. The Morgan fingerprint density at radius 2 is 1.92 bits per heavy atom. The molecule has 3 rings (SSSR count). The van der Waals surface area contributed by atoms with Crippen molar-refractivity contribution < 1.29 is 4.74 Å². The van der Waals surface area contributed by atoms with Crippen molar-refractivity contribution in [1.82, 2.24) is 20.0 Å². The van der Waals surface area contributed by atoms with Crippen molar-refractivity contribution >= 4 is 5.96 Å². The summed E-state index contributed by atoms with van der Waals surface area (Å²) in [5.41, 5.74) is 0. The van der Waals surface area contributed by atoms with Crippen LogP contribution in [0, 0.1) is 5.92 Å². The number of nitrogens with one attached hydrogen (secondary N) is 1. The second kappa shape index (κ2) is 9.55. The van der Waals surface area contributed by atoms with Gasteiger partial charge in [0.15, 0.2) is 5.96 Å². The number of methoxy groups -OCH3 is 1. The van der Waals surface area contributed by atoms with Gasteiger partial charge in [0.05, 0.1) is 6.61 Å². The first-order valence-corrected chi connectivity index (χ1v) is 9.86. The van der Waals surface area contributed by atoms with Crippen molar-refractivity contribution in [3.05, 3.63) is 12.2 Å². The fourth-order valence-electron chi connectivity index (χ4n) is 4.23. The lowest BCUT2D eigenvalue weighted by atomic mass is 9.97. The molecule has 2 fully saturated rings. The van der Waals surface area contributed by atoms with Crippen LogP contribution in [0.1, 0.15) is 19.3 Å². The number of rotatable bonds is 6. The van der Waals surface area contributed by atoms with Gasteiger partial charge in [-0.25, -0.2) is 0 Å². The maximum absolute atomic E-state index is 5.18. The van der Waals surface area contributed by atoms with Crippen molar-refractivity contribution in [2.24, 2.45) is 10.9 Å². The Balaban J connectivity index is 1.37. The van der Waals surface area contributed by atoms with Gasteiger partial charge in [-0.05, 0) is 38.3 Å². The molecule has 3 aliphatic heterocycles. The van der Waals surface area contributed by atoms with E-state index in [2.05, 4.69) is 37.2 Å². The van der Waals surface area contributed by atoms with Crippen molar-refractivity contribution in [3.8, 4) is 0 Å². The van der Waals surface area contributed by atoms with Gasteiger partial charge in [-0.3, -0.25) is 9.89 Å². The standard InChI is InChI=1S/C19H35N5O/c1-20-19(24-12-7-18(16-24)23-8-3-4-9-23)21-15-17-5-10-22(11-6-17)13-14-25-2/h3-4,17-18H,5-16H2,1-2H3,(H,20,21). The van der Waals surface area contributed by atoms with E-state index in [0.717, 1.165) is 57.8 Å². The van der Waals surface area contributed by atoms with E-state index in [-0.39, 0.29) is 0 Å². The van der Waals surface area contributed by atoms with Crippen LogP contribution in [-0.4, -0.2) is 99.8 Å². The molecule has 3 heterocycles. The van der Waals surface area contributed by atoms with Gasteiger partial charge in [-0.15, -0.1) is 0 Å². The third-order valence-electron chi connectivity index (χ3n) is 5.91. The molecule has 0 spiro atoms. The van der Waals surface area contributed by atoms with Crippen LogP contribution in [0.2, 0.25) is 0 Å². The maximum Gasteiger partial charge on any atom is 0.193 e. The number of guanidine groups is 1. The second-order valence-electron chi connectivity index (χ2n) is 7.52. The summed E-state index contributed by atoms with van der Waals surface area (Å²) in [7, 11) is 3.70. The van der Waals surface area contributed by atoms with E-state index in [1.165, 1.54) is 32.4 Å². The zero-order valence-electron chi connectivity index (χ0n) is 16.0. The minimum Gasteiger partial charge on any atom is -0.383 e. The van der Waals surface area contributed by atoms with E-state index < -0.39 is 0 Å². The molecule has 0 aromatic heterocycles. The lowest BCUT2D eigenvalue weighted by molar-refractivity contribution is 0.120. The van der Waals surface area contributed by atoms with Crippen LogP contribution in [0.4, 0.5) is 0 Å². The molecule has 1 N–H and O–H groups in total. The number of ether oxygens (including phenoxy) is 1. The van der Waals surface area contributed by atoms with E-state index in [1.807, 2.05) is 7.05 Å². The smallest absolute Gasteiger partial charge is 0.193 e. The molecule has 2 saturated heterocycles. The minimum absolute atomic E-state index is 0.678. The Bertz CT molecular complexity index is 451. The Morgan fingerprint density at radius 3 is 2.60 bits per heavy atom. The van der Waals surface area contributed by atoms with Gasteiger partial charge in [0.2, 0.25) is 0 Å². The Kier molecular flexibility index (Phi) is 7.13. The minimum atomic E-state index is 0.678. The van der Waals surface area contributed by atoms with Crippen LogP contribution < -0.4 is 5.32 Å². The first kappa shape index (κ1) is 18.7. The zero-order valence-corrected chi connectivity index (χ0v) is 16.0. The van der Waals surface area contributed by atoms with E-state index >= 15 is 0 Å². The Labute approximate surface area is 152 Å². The van der Waals surface area contributed by atoms with E-state index in [4.69, 9.17) is 4.74 Å². The van der Waals surface area contributed by atoms with Crippen LogP contribution in [0.3, 0.4) is 0 Å². The van der Waals surface area contributed by atoms with Crippen molar-refractivity contribution in [2.45, 2.75) is 25.3 Å². The van der Waals surface area contributed by atoms with Crippen molar-refractivity contribution in [3.63, 3.8) is 0 Å². The van der Waals surface area contributed by atoms with E-state index in [9.17, 15) is 0 Å². The highest BCUT2D eigenvalue weighted by molar-refractivity contribution is 5.80. The lowest BCUT2D eigenvalue weighted by Gasteiger charge is -2.32. The van der Waals surface area contributed by atoms with Crippen LogP contribution >= 0.6 is 0 Å². The second-order valence-corrected chi connectivity index (χ2v) is 7.52. The van der Waals surface area contributed by atoms with Gasteiger partial charge >= 0.3 is 0 Å². The van der Waals surface area contributed by atoms with Gasteiger partial charge in [-0.2, -0.15) is 0 Å². The summed E-state index contributed by atoms with van der Waals surface area (Å²) in [5, 5.41) is 3.65. The molecule has 0 saturated carbocycles. The molecular formula is C19H35N5O. The molecule has 0 bridgehead atoms. The molecule has 3 aliphatic rings. The molecule has 0 amide bonds. The highest BCUT2D eigenvalue weighted by atomic mass is 16.5. The summed E-state index contributed by atoms with van der Waals surface area (Å²) in [4.78, 5) is 12.1. The molecular weight excluding hydrogens is 314 g/mol. The normalized spacial score (nSPS) is 26.7. The van der Waals surface area contributed by atoms with Crippen molar-refractivity contribution in [1.29, 1.82) is 0 Å². The topological polar surface area (TPSA) is 43.3 Å². The quantitative estimate of drug-likeness (QED) is 0.438. The number of piperidine rings is 1.